The number of aliphatic carboxylic acids is 1. The number of alkyl carbamates (subject to hydrolysis) is 1. The second-order valence-electron chi connectivity index (χ2n) is 6.82. The van der Waals surface area contributed by atoms with E-state index in [1.54, 1.807) is 25.7 Å². The molecule has 1 fully saturated rings. The molecule has 0 aliphatic carbocycles. The van der Waals surface area contributed by atoms with Gasteiger partial charge in [-0.05, 0) is 36.7 Å². The SMILES string of the molecule is CC(C)(C)OC(=O)NC1(C(=O)O)CCN(c2ccc([N+](=O)[O-])nc2)C1. The minimum Gasteiger partial charge on any atom is -0.479 e. The average molecular weight is 352 g/mol. The highest BCUT2D eigenvalue weighted by molar-refractivity contribution is 5.86. The highest BCUT2D eigenvalue weighted by atomic mass is 16.6. The van der Waals surface area contributed by atoms with Crippen LogP contribution in [0.25, 0.3) is 0 Å². The van der Waals surface area contributed by atoms with Gasteiger partial charge in [0.1, 0.15) is 5.60 Å². The van der Waals surface area contributed by atoms with Crippen LogP contribution in [-0.4, -0.2) is 51.3 Å². The van der Waals surface area contributed by atoms with E-state index in [0.29, 0.717) is 12.2 Å². The third-order valence-corrected chi connectivity index (χ3v) is 3.70. The molecule has 0 radical (unpaired) electrons. The molecule has 2 rings (SSSR count). The zero-order valence-corrected chi connectivity index (χ0v) is 14.2. The topological polar surface area (TPSA) is 135 Å². The molecule has 10 heteroatoms. The summed E-state index contributed by atoms with van der Waals surface area (Å²) >= 11 is 0. The number of hydrogen-bond acceptors (Lipinski definition) is 7. The van der Waals surface area contributed by atoms with Gasteiger partial charge in [-0.1, -0.05) is 0 Å². The molecule has 25 heavy (non-hydrogen) atoms. The fraction of sp³-hybridized carbons (Fsp3) is 0.533. The van der Waals surface area contributed by atoms with Gasteiger partial charge in [0.15, 0.2) is 11.7 Å². The van der Waals surface area contributed by atoms with Crippen LogP contribution >= 0.6 is 0 Å². The van der Waals surface area contributed by atoms with Crippen LogP contribution in [0, 0.1) is 10.1 Å². The number of aromatic nitrogens is 1. The first kappa shape index (κ1) is 18.4. The number of rotatable bonds is 4. The van der Waals surface area contributed by atoms with Crippen molar-refractivity contribution in [1.29, 1.82) is 0 Å². The molecular formula is C15H20N4O6. The maximum atomic E-state index is 12.0. The summed E-state index contributed by atoms with van der Waals surface area (Å²) < 4.78 is 5.14. The van der Waals surface area contributed by atoms with Crippen molar-refractivity contribution in [3.8, 4) is 0 Å². The predicted octanol–water partition coefficient (Wildman–Crippen LogP) is 1.55. The molecule has 1 aromatic rings. The Labute approximate surface area is 143 Å². The Morgan fingerprint density at radius 3 is 2.60 bits per heavy atom. The van der Waals surface area contributed by atoms with Gasteiger partial charge in [-0.2, -0.15) is 0 Å². The van der Waals surface area contributed by atoms with Crippen molar-refractivity contribution in [2.45, 2.75) is 38.3 Å². The van der Waals surface area contributed by atoms with Crippen molar-refractivity contribution in [3.05, 3.63) is 28.4 Å². The van der Waals surface area contributed by atoms with Gasteiger partial charge in [-0.15, -0.1) is 0 Å². The first-order valence-electron chi connectivity index (χ1n) is 7.62. The summed E-state index contributed by atoms with van der Waals surface area (Å²) in [6, 6.07) is 2.74. The summed E-state index contributed by atoms with van der Waals surface area (Å²) in [5.74, 6) is -1.46. The lowest BCUT2D eigenvalue weighted by molar-refractivity contribution is -0.389. The van der Waals surface area contributed by atoms with Gasteiger partial charge < -0.3 is 30.2 Å². The molecule has 0 saturated carbocycles. The monoisotopic (exact) mass is 352 g/mol. The lowest BCUT2D eigenvalue weighted by Crippen LogP contribution is -2.57. The Hall–Kier alpha value is -2.91. The lowest BCUT2D eigenvalue weighted by Gasteiger charge is -2.28. The molecule has 0 bridgehead atoms. The molecule has 1 unspecified atom stereocenters. The van der Waals surface area contributed by atoms with Gasteiger partial charge in [-0.25, -0.2) is 9.59 Å². The molecule has 1 saturated heterocycles. The van der Waals surface area contributed by atoms with E-state index in [4.69, 9.17) is 4.74 Å². The Morgan fingerprint density at radius 1 is 1.44 bits per heavy atom. The molecule has 136 valence electrons. The number of hydrogen-bond donors (Lipinski definition) is 2. The first-order chi connectivity index (χ1) is 11.5. The number of amides is 1. The van der Waals surface area contributed by atoms with Crippen LogP contribution in [-0.2, 0) is 9.53 Å². The zero-order valence-electron chi connectivity index (χ0n) is 14.2. The third-order valence-electron chi connectivity index (χ3n) is 3.70. The van der Waals surface area contributed by atoms with Crippen molar-refractivity contribution in [3.63, 3.8) is 0 Å². The van der Waals surface area contributed by atoms with E-state index in [9.17, 15) is 24.8 Å². The maximum absolute atomic E-state index is 12.0. The predicted molar refractivity (Wildman–Crippen MR) is 87.5 cm³/mol. The summed E-state index contributed by atoms with van der Waals surface area (Å²) in [6.07, 6.45) is 0.667. The van der Waals surface area contributed by atoms with Crippen LogP contribution in [0.1, 0.15) is 27.2 Å². The Morgan fingerprint density at radius 2 is 2.12 bits per heavy atom. The van der Waals surface area contributed by atoms with Crippen LogP contribution in [0.5, 0.6) is 0 Å². The van der Waals surface area contributed by atoms with Gasteiger partial charge in [0.25, 0.3) is 0 Å². The average Bonchev–Trinajstić information content (AvgIpc) is 2.90. The smallest absolute Gasteiger partial charge is 0.408 e. The fourth-order valence-corrected chi connectivity index (χ4v) is 2.53. The number of carbonyl (C=O) groups is 2. The van der Waals surface area contributed by atoms with E-state index in [-0.39, 0.29) is 18.8 Å². The number of pyridine rings is 1. The van der Waals surface area contributed by atoms with Crippen molar-refractivity contribution in [2.75, 3.05) is 18.0 Å². The van der Waals surface area contributed by atoms with Crippen molar-refractivity contribution in [2.24, 2.45) is 0 Å². The fourth-order valence-electron chi connectivity index (χ4n) is 2.53. The molecule has 0 aromatic carbocycles. The minimum absolute atomic E-state index is 0.00106. The second kappa shape index (κ2) is 6.54. The molecule has 1 aromatic heterocycles. The maximum Gasteiger partial charge on any atom is 0.408 e. The number of ether oxygens (including phenoxy) is 1. The van der Waals surface area contributed by atoms with E-state index >= 15 is 0 Å². The molecule has 2 N–H and O–H groups in total. The quantitative estimate of drug-likeness (QED) is 0.615. The number of nitro groups is 1. The first-order valence-corrected chi connectivity index (χ1v) is 7.62. The van der Waals surface area contributed by atoms with Crippen LogP contribution in [0.3, 0.4) is 0 Å². The highest BCUT2D eigenvalue weighted by Crippen LogP contribution is 2.28. The molecule has 0 spiro atoms. The minimum atomic E-state index is -1.50. The molecular weight excluding hydrogens is 332 g/mol. The number of carbonyl (C=O) groups excluding carboxylic acids is 1. The third kappa shape index (κ3) is 4.34. The van der Waals surface area contributed by atoms with E-state index in [0.717, 1.165) is 0 Å². The van der Waals surface area contributed by atoms with E-state index in [1.807, 2.05) is 0 Å². The Bertz CT molecular complexity index is 684. The van der Waals surface area contributed by atoms with E-state index in [2.05, 4.69) is 10.3 Å². The lowest BCUT2D eigenvalue weighted by atomic mass is 9.99. The Kier molecular flexibility index (Phi) is 4.82. The number of nitrogens with one attached hydrogen (secondary N) is 1. The van der Waals surface area contributed by atoms with Crippen molar-refractivity contribution in [1.82, 2.24) is 10.3 Å². The summed E-state index contributed by atoms with van der Waals surface area (Å²) in [7, 11) is 0. The molecule has 1 aliphatic rings. The van der Waals surface area contributed by atoms with Gasteiger partial charge in [0.2, 0.25) is 0 Å². The summed E-state index contributed by atoms with van der Waals surface area (Å²) in [6.45, 7) is 5.40. The van der Waals surface area contributed by atoms with Crippen LogP contribution < -0.4 is 10.2 Å². The normalized spacial score (nSPS) is 20.2. The van der Waals surface area contributed by atoms with Crippen molar-refractivity contribution >= 4 is 23.6 Å². The summed E-state index contributed by atoms with van der Waals surface area (Å²) in [4.78, 5) is 39.2. The molecule has 1 amide bonds. The molecule has 2 heterocycles. The van der Waals surface area contributed by atoms with E-state index in [1.165, 1.54) is 18.3 Å². The summed E-state index contributed by atoms with van der Waals surface area (Å²) in [5.41, 5.74) is -1.70. The molecule has 10 nitrogen and oxygen atoms in total. The van der Waals surface area contributed by atoms with Gasteiger partial charge >= 0.3 is 17.9 Å². The van der Waals surface area contributed by atoms with Gasteiger partial charge in [0, 0.05) is 19.0 Å². The molecule has 1 aliphatic heterocycles. The van der Waals surface area contributed by atoms with Gasteiger partial charge in [0.05, 0.1) is 12.2 Å². The summed E-state index contributed by atoms with van der Waals surface area (Å²) in [5, 5.41) is 22.7. The van der Waals surface area contributed by atoms with Crippen LogP contribution in [0.2, 0.25) is 0 Å². The standard InChI is InChI=1S/C15H20N4O6/c1-14(2,3)25-13(22)17-15(12(20)21)6-7-18(9-15)10-4-5-11(16-8-10)19(23)24/h4-5,8H,6-7,9H2,1-3H3,(H,17,22)(H,20,21). The van der Waals surface area contributed by atoms with Gasteiger partial charge in [-0.3, -0.25) is 0 Å². The number of carboxylic acid groups (broad SMARTS) is 1. The number of carboxylic acids is 1. The second-order valence-corrected chi connectivity index (χ2v) is 6.82. The highest BCUT2D eigenvalue weighted by Gasteiger charge is 2.47. The van der Waals surface area contributed by atoms with Crippen LogP contribution in [0.4, 0.5) is 16.3 Å². The Balaban J connectivity index is 2.13. The van der Waals surface area contributed by atoms with E-state index < -0.39 is 28.1 Å². The zero-order chi connectivity index (χ0) is 18.8. The molecule has 1 atom stereocenters. The largest absolute Gasteiger partial charge is 0.479 e. The van der Waals surface area contributed by atoms with Crippen LogP contribution in [0.15, 0.2) is 18.3 Å². The number of anilines is 1. The van der Waals surface area contributed by atoms with Crippen molar-refractivity contribution < 1.29 is 24.4 Å². The number of nitrogens with zero attached hydrogens (tertiary/aromatic N) is 3.